The Morgan fingerprint density at radius 3 is 2.89 bits per heavy atom. The number of nitrogens with zero attached hydrogens (tertiary/aromatic N) is 4. The average Bonchev–Trinajstić information content (AvgIpc) is 1.89. The van der Waals surface area contributed by atoms with Crippen LogP contribution in [0, 0.1) is 0 Å². The van der Waals surface area contributed by atoms with E-state index in [0.29, 0.717) is 5.82 Å². The minimum absolute atomic E-state index is 0.713. The number of aliphatic imine (C=N–C) groups is 1. The second-order valence-corrected chi connectivity index (χ2v) is 1.60. The Kier molecular flexibility index (Phi) is 1.48. The van der Waals surface area contributed by atoms with Crippen LogP contribution in [-0.2, 0) is 7.05 Å². The van der Waals surface area contributed by atoms with E-state index in [1.807, 2.05) is 7.05 Å². The van der Waals surface area contributed by atoms with Crippen molar-refractivity contribution in [3.63, 3.8) is 0 Å². The molecule has 1 aromatic heterocycles. The van der Waals surface area contributed by atoms with Crippen molar-refractivity contribution >= 4 is 12.5 Å². The van der Waals surface area contributed by atoms with Crippen molar-refractivity contribution in [1.29, 1.82) is 0 Å². The summed E-state index contributed by atoms with van der Waals surface area (Å²) in [5.41, 5.74) is 0. The molecule has 0 aliphatic heterocycles. The van der Waals surface area contributed by atoms with Crippen LogP contribution >= 0.6 is 0 Å². The van der Waals surface area contributed by atoms with Crippen molar-refractivity contribution in [2.45, 2.75) is 0 Å². The normalized spacial score (nSPS) is 9.00. The van der Waals surface area contributed by atoms with Gasteiger partial charge in [0, 0.05) is 5.10 Å². The molecule has 0 fully saturated rings. The summed E-state index contributed by atoms with van der Waals surface area (Å²) in [6, 6.07) is 0. The van der Waals surface area contributed by atoms with Crippen molar-refractivity contribution in [2.75, 3.05) is 0 Å². The Hall–Kier alpha value is -1.32. The molecule has 1 rings (SSSR count). The summed E-state index contributed by atoms with van der Waals surface area (Å²) in [5, 5.41) is 7.23. The predicted molar refractivity (Wildman–Crippen MR) is 32.4 cm³/mol. The predicted octanol–water partition coefficient (Wildman–Crippen LogP) is -0.367. The van der Waals surface area contributed by atoms with Gasteiger partial charge in [0.1, 0.15) is 6.20 Å². The molecule has 0 amide bonds. The van der Waals surface area contributed by atoms with Gasteiger partial charge < -0.3 is 0 Å². The quantitative estimate of drug-likeness (QED) is 0.378. The summed E-state index contributed by atoms with van der Waals surface area (Å²) in [4.78, 5) is 3.68. The molecule has 9 heavy (non-hydrogen) atoms. The number of rotatable bonds is 1. The van der Waals surface area contributed by atoms with Gasteiger partial charge in [-0.25, -0.2) is 4.57 Å². The summed E-state index contributed by atoms with van der Waals surface area (Å²) in [7, 11) is 1.83. The monoisotopic (exact) mass is 123 g/mol. The highest BCUT2D eigenvalue weighted by Crippen LogP contribution is 1.94. The van der Waals surface area contributed by atoms with Crippen molar-refractivity contribution in [1.82, 2.24) is 10.2 Å². The lowest BCUT2D eigenvalue weighted by atomic mass is 10.7. The molecule has 0 saturated heterocycles. The second kappa shape index (κ2) is 2.30. The third-order valence-corrected chi connectivity index (χ3v) is 0.988. The van der Waals surface area contributed by atoms with E-state index in [2.05, 4.69) is 21.9 Å². The van der Waals surface area contributed by atoms with Crippen molar-refractivity contribution < 1.29 is 4.57 Å². The lowest BCUT2D eigenvalue weighted by molar-refractivity contribution is -0.662. The van der Waals surface area contributed by atoms with Gasteiger partial charge in [-0.15, -0.1) is 4.99 Å². The molecule has 0 bridgehead atoms. The molecular weight excluding hydrogens is 116 g/mol. The minimum Gasteiger partial charge on any atom is -0.233 e. The lowest BCUT2D eigenvalue weighted by Gasteiger charge is -1.87. The van der Waals surface area contributed by atoms with Crippen molar-refractivity contribution in [3.8, 4) is 0 Å². The van der Waals surface area contributed by atoms with Gasteiger partial charge in [-0.3, -0.25) is 0 Å². The van der Waals surface area contributed by atoms with Gasteiger partial charge in [0.05, 0.1) is 13.8 Å². The highest BCUT2D eigenvalue weighted by Gasteiger charge is 1.97. The Morgan fingerprint density at radius 1 is 1.67 bits per heavy atom. The van der Waals surface area contributed by atoms with Crippen LogP contribution in [0.15, 0.2) is 17.5 Å². The number of aryl methyl sites for hydroxylation is 1. The van der Waals surface area contributed by atoms with Gasteiger partial charge in [0.25, 0.3) is 12.1 Å². The molecule has 1 heterocycles. The average molecular weight is 123 g/mol. The van der Waals surface area contributed by atoms with Crippen LogP contribution in [-0.4, -0.2) is 16.9 Å². The first-order valence-corrected chi connectivity index (χ1v) is 2.47. The maximum absolute atomic E-state index is 3.68. The topological polar surface area (TPSA) is 42.0 Å². The highest BCUT2D eigenvalue weighted by atomic mass is 15.2. The van der Waals surface area contributed by atoms with E-state index in [1.54, 1.807) is 17.1 Å². The fourth-order valence-electron chi connectivity index (χ4n) is 0.495. The summed E-state index contributed by atoms with van der Waals surface area (Å²) in [6.07, 6.45) is 3.12. The van der Waals surface area contributed by atoms with E-state index >= 15 is 0 Å². The van der Waals surface area contributed by atoms with Crippen LogP contribution in [0.5, 0.6) is 0 Å². The van der Waals surface area contributed by atoms with Gasteiger partial charge in [-0.05, 0) is 0 Å². The zero-order chi connectivity index (χ0) is 6.69. The molecule has 0 unspecified atom stereocenters. The zero-order valence-corrected chi connectivity index (χ0v) is 5.15. The number of hydrogen-bond donors (Lipinski definition) is 0. The number of aromatic nitrogens is 3. The molecule has 4 nitrogen and oxygen atoms in total. The first kappa shape index (κ1) is 5.81. The third-order valence-electron chi connectivity index (χ3n) is 0.988. The van der Waals surface area contributed by atoms with Crippen LogP contribution in [0.4, 0.5) is 5.82 Å². The van der Waals surface area contributed by atoms with Crippen molar-refractivity contribution in [2.24, 2.45) is 12.0 Å². The third kappa shape index (κ3) is 1.07. The van der Waals surface area contributed by atoms with Crippen molar-refractivity contribution in [3.05, 3.63) is 12.5 Å². The Bertz CT molecular complexity index is 220. The molecule has 0 saturated carbocycles. The molecular formula is C5H7N4+. The minimum atomic E-state index is 0.713. The largest absolute Gasteiger partial charge is 0.283 e. The van der Waals surface area contributed by atoms with Crippen LogP contribution in [0.1, 0.15) is 0 Å². The molecule has 0 aromatic carbocycles. The van der Waals surface area contributed by atoms with E-state index < -0.39 is 0 Å². The van der Waals surface area contributed by atoms with Gasteiger partial charge in [-0.2, -0.15) is 0 Å². The molecule has 0 atom stereocenters. The summed E-state index contributed by atoms with van der Waals surface area (Å²) >= 11 is 0. The van der Waals surface area contributed by atoms with E-state index in [-0.39, 0.29) is 0 Å². The first-order chi connectivity index (χ1) is 4.34. The SMILES string of the molecule is C=Nc1cnnc[n+]1C. The van der Waals surface area contributed by atoms with E-state index in [0.717, 1.165) is 0 Å². The summed E-state index contributed by atoms with van der Waals surface area (Å²) in [6.45, 7) is 3.35. The zero-order valence-electron chi connectivity index (χ0n) is 5.15. The Balaban J connectivity index is 3.15. The Morgan fingerprint density at radius 2 is 2.44 bits per heavy atom. The molecule has 0 aliphatic carbocycles. The maximum atomic E-state index is 3.68. The molecule has 0 radical (unpaired) electrons. The van der Waals surface area contributed by atoms with Gasteiger partial charge >= 0.3 is 0 Å². The summed E-state index contributed by atoms with van der Waals surface area (Å²) < 4.78 is 1.74. The van der Waals surface area contributed by atoms with E-state index in [9.17, 15) is 0 Å². The van der Waals surface area contributed by atoms with Crippen LogP contribution in [0.3, 0.4) is 0 Å². The molecule has 0 aliphatic rings. The smallest absolute Gasteiger partial charge is 0.233 e. The van der Waals surface area contributed by atoms with E-state index in [4.69, 9.17) is 0 Å². The first-order valence-electron chi connectivity index (χ1n) is 2.47. The fourth-order valence-corrected chi connectivity index (χ4v) is 0.495. The molecule has 46 valence electrons. The molecule has 4 heteroatoms. The van der Waals surface area contributed by atoms with Crippen LogP contribution in [0.2, 0.25) is 0 Å². The highest BCUT2D eigenvalue weighted by molar-refractivity contribution is 5.33. The fraction of sp³-hybridized carbons (Fsp3) is 0.200. The van der Waals surface area contributed by atoms with Gasteiger partial charge in [0.2, 0.25) is 0 Å². The maximum Gasteiger partial charge on any atom is 0.283 e. The summed E-state index contributed by atoms with van der Waals surface area (Å²) in [5.74, 6) is 0.713. The molecule has 0 N–H and O–H groups in total. The van der Waals surface area contributed by atoms with E-state index in [1.165, 1.54) is 0 Å². The number of hydrogen-bond acceptors (Lipinski definition) is 3. The standard InChI is InChI=1S/C5H7N4/c1-6-5-3-7-8-4-9(5)2/h3-4H,1H2,2H3/q+1. The second-order valence-electron chi connectivity index (χ2n) is 1.60. The molecule has 0 spiro atoms. The molecule has 1 aromatic rings. The Labute approximate surface area is 52.9 Å². The van der Waals surface area contributed by atoms with Crippen LogP contribution < -0.4 is 4.57 Å². The van der Waals surface area contributed by atoms with Crippen LogP contribution in [0.25, 0.3) is 0 Å². The van der Waals surface area contributed by atoms with Gasteiger partial charge in [0.15, 0.2) is 0 Å². The lowest BCUT2D eigenvalue weighted by Crippen LogP contribution is -2.28. The van der Waals surface area contributed by atoms with Gasteiger partial charge in [-0.1, -0.05) is 5.10 Å².